The average Bonchev–Trinajstić information content (AvgIpc) is 3.09. The van der Waals surface area contributed by atoms with Crippen LogP contribution in [0.15, 0.2) is 47.3 Å². The largest absolute Gasteiger partial charge is 0.323 e. The normalized spacial score (nSPS) is 22.5. The molecule has 2 aromatic rings. The van der Waals surface area contributed by atoms with Gasteiger partial charge in [-0.25, -0.2) is 0 Å². The highest BCUT2D eigenvalue weighted by atomic mass is 16.2. The van der Waals surface area contributed by atoms with E-state index >= 15 is 0 Å². The highest BCUT2D eigenvalue weighted by Crippen LogP contribution is 2.40. The summed E-state index contributed by atoms with van der Waals surface area (Å²) in [5, 5.41) is 0. The van der Waals surface area contributed by atoms with E-state index in [-0.39, 0.29) is 23.1 Å². The van der Waals surface area contributed by atoms with Gasteiger partial charge < -0.3 is 14.8 Å². The van der Waals surface area contributed by atoms with Crippen LogP contribution < -0.4 is 10.5 Å². The molecule has 1 N–H and O–H groups in total. The summed E-state index contributed by atoms with van der Waals surface area (Å²) in [5.74, 6) is -0.286. The zero-order valence-corrected chi connectivity index (χ0v) is 15.4. The maximum absolute atomic E-state index is 13.5. The van der Waals surface area contributed by atoms with Gasteiger partial charge >= 0.3 is 0 Å². The maximum Gasteiger partial charge on any atom is 0.271 e. The lowest BCUT2D eigenvalue weighted by atomic mass is 9.84. The molecule has 6 nitrogen and oxygen atoms in total. The lowest BCUT2D eigenvalue weighted by Gasteiger charge is -2.44. The van der Waals surface area contributed by atoms with Gasteiger partial charge in [0.15, 0.2) is 0 Å². The van der Waals surface area contributed by atoms with Crippen molar-refractivity contribution in [2.45, 2.75) is 38.1 Å². The molecule has 0 radical (unpaired) electrons. The monoisotopic (exact) mass is 365 g/mol. The third kappa shape index (κ3) is 2.95. The Labute approximate surface area is 157 Å². The number of amides is 2. The van der Waals surface area contributed by atoms with Gasteiger partial charge in [0.1, 0.15) is 11.2 Å². The van der Waals surface area contributed by atoms with Crippen molar-refractivity contribution in [1.82, 2.24) is 9.88 Å². The fraction of sp³-hybridized carbons (Fsp3) is 0.381. The topological polar surface area (TPSA) is 73.5 Å². The Kier molecular flexibility index (Phi) is 4.34. The van der Waals surface area contributed by atoms with Gasteiger partial charge in [0.05, 0.1) is 0 Å². The number of aromatic nitrogens is 1. The first kappa shape index (κ1) is 17.5. The molecule has 0 bridgehead atoms. The summed E-state index contributed by atoms with van der Waals surface area (Å²) in [7, 11) is 0. The summed E-state index contributed by atoms with van der Waals surface area (Å²) in [6.45, 7) is 3.21. The Bertz CT molecular complexity index is 934. The van der Waals surface area contributed by atoms with Gasteiger partial charge in [-0.1, -0.05) is 23.8 Å². The van der Waals surface area contributed by atoms with Gasteiger partial charge in [-0.05, 0) is 50.8 Å². The number of anilines is 1. The van der Waals surface area contributed by atoms with E-state index in [1.165, 1.54) is 6.07 Å². The molecule has 2 aliphatic heterocycles. The van der Waals surface area contributed by atoms with Crippen molar-refractivity contribution in [3.63, 3.8) is 0 Å². The van der Waals surface area contributed by atoms with Crippen LogP contribution in [-0.2, 0) is 4.79 Å². The number of aromatic amines is 1. The standard InChI is InChI=1S/C21H23N3O3/c1-15-7-9-16(10-8-15)23-13-3-11-21(20(23)27)12-4-14-24(21)19(26)17-5-2-6-18(25)22-17/h2,5-10H,3-4,11-14H2,1H3,(H,22,25). The van der Waals surface area contributed by atoms with E-state index in [1.54, 1.807) is 17.0 Å². The Morgan fingerprint density at radius 3 is 2.41 bits per heavy atom. The number of piperidine rings is 1. The van der Waals surface area contributed by atoms with E-state index in [0.717, 1.165) is 24.1 Å². The molecule has 1 aromatic heterocycles. The second kappa shape index (κ2) is 6.68. The number of nitrogens with one attached hydrogen (secondary N) is 1. The second-order valence-electron chi connectivity index (χ2n) is 7.42. The minimum atomic E-state index is -0.813. The minimum absolute atomic E-state index is 0.0123. The lowest BCUT2D eigenvalue weighted by molar-refractivity contribution is -0.130. The molecule has 1 atom stereocenters. The molecule has 2 saturated heterocycles. The zero-order valence-electron chi connectivity index (χ0n) is 15.4. The van der Waals surface area contributed by atoms with Gasteiger partial charge in [-0.15, -0.1) is 0 Å². The van der Waals surface area contributed by atoms with Crippen molar-refractivity contribution in [1.29, 1.82) is 0 Å². The maximum atomic E-state index is 13.5. The van der Waals surface area contributed by atoms with Gasteiger partial charge in [-0.3, -0.25) is 14.4 Å². The third-order valence-corrected chi connectivity index (χ3v) is 5.69. The smallest absolute Gasteiger partial charge is 0.271 e. The Balaban J connectivity index is 1.67. The van der Waals surface area contributed by atoms with E-state index < -0.39 is 5.54 Å². The van der Waals surface area contributed by atoms with E-state index in [2.05, 4.69) is 4.98 Å². The van der Waals surface area contributed by atoms with Crippen LogP contribution in [0.4, 0.5) is 5.69 Å². The quantitative estimate of drug-likeness (QED) is 0.889. The SMILES string of the molecule is Cc1ccc(N2CCCC3(CCCN3C(=O)c3cccc(=O)[nH]3)C2=O)cc1. The molecule has 1 unspecified atom stereocenters. The van der Waals surface area contributed by atoms with Crippen molar-refractivity contribution in [2.24, 2.45) is 0 Å². The van der Waals surface area contributed by atoms with E-state index in [9.17, 15) is 14.4 Å². The van der Waals surface area contributed by atoms with Crippen LogP contribution >= 0.6 is 0 Å². The predicted octanol–water partition coefficient (Wildman–Crippen LogP) is 2.49. The fourth-order valence-electron chi connectivity index (χ4n) is 4.34. The minimum Gasteiger partial charge on any atom is -0.323 e. The van der Waals surface area contributed by atoms with Crippen molar-refractivity contribution in [2.75, 3.05) is 18.0 Å². The van der Waals surface area contributed by atoms with Crippen LogP contribution in [0.3, 0.4) is 0 Å². The molecule has 0 saturated carbocycles. The molecule has 1 aromatic carbocycles. The van der Waals surface area contributed by atoms with Crippen molar-refractivity contribution < 1.29 is 9.59 Å². The van der Waals surface area contributed by atoms with E-state index in [1.807, 2.05) is 36.1 Å². The first-order valence-electron chi connectivity index (χ1n) is 9.41. The van der Waals surface area contributed by atoms with Crippen LogP contribution in [-0.4, -0.2) is 40.3 Å². The highest BCUT2D eigenvalue weighted by molar-refractivity contribution is 6.05. The van der Waals surface area contributed by atoms with Crippen molar-refractivity contribution >= 4 is 17.5 Å². The summed E-state index contributed by atoms with van der Waals surface area (Å²) in [4.78, 5) is 44.3. The summed E-state index contributed by atoms with van der Waals surface area (Å²) in [6.07, 6.45) is 2.96. The Hall–Kier alpha value is -2.89. The molecular formula is C21H23N3O3. The lowest BCUT2D eigenvalue weighted by Crippen LogP contribution is -2.61. The molecule has 2 fully saturated rings. The summed E-state index contributed by atoms with van der Waals surface area (Å²) < 4.78 is 0. The number of nitrogens with zero attached hydrogens (tertiary/aromatic N) is 2. The average molecular weight is 365 g/mol. The van der Waals surface area contributed by atoms with Crippen LogP contribution in [0.1, 0.15) is 41.7 Å². The number of aryl methyl sites for hydroxylation is 1. The first-order chi connectivity index (χ1) is 13.0. The number of carbonyl (C=O) groups excluding carboxylic acids is 2. The van der Waals surface area contributed by atoms with Gasteiger partial charge in [0.2, 0.25) is 5.56 Å². The van der Waals surface area contributed by atoms with Crippen molar-refractivity contribution in [3.05, 3.63) is 64.1 Å². The van der Waals surface area contributed by atoms with Crippen LogP contribution in [0, 0.1) is 6.92 Å². The second-order valence-corrected chi connectivity index (χ2v) is 7.42. The molecule has 0 aliphatic carbocycles. The highest BCUT2D eigenvalue weighted by Gasteiger charge is 2.53. The molecule has 6 heteroatoms. The summed E-state index contributed by atoms with van der Waals surface area (Å²) in [5.41, 5.74) is 1.13. The van der Waals surface area contributed by atoms with Crippen LogP contribution in [0.25, 0.3) is 0 Å². The molecule has 27 heavy (non-hydrogen) atoms. The van der Waals surface area contributed by atoms with Crippen molar-refractivity contribution in [3.8, 4) is 0 Å². The molecular weight excluding hydrogens is 342 g/mol. The number of carbonyl (C=O) groups is 2. The summed E-state index contributed by atoms with van der Waals surface area (Å²) >= 11 is 0. The molecule has 3 heterocycles. The first-order valence-corrected chi connectivity index (χ1v) is 9.41. The zero-order chi connectivity index (χ0) is 19.0. The molecule has 140 valence electrons. The third-order valence-electron chi connectivity index (χ3n) is 5.69. The van der Waals surface area contributed by atoms with Gasteiger partial charge in [0.25, 0.3) is 11.8 Å². The van der Waals surface area contributed by atoms with E-state index in [0.29, 0.717) is 25.9 Å². The number of likely N-dealkylation sites (tertiary alicyclic amines) is 1. The number of hydrogen-bond donors (Lipinski definition) is 1. The number of hydrogen-bond acceptors (Lipinski definition) is 3. The number of pyridine rings is 1. The number of benzene rings is 1. The predicted molar refractivity (Wildman–Crippen MR) is 103 cm³/mol. The van der Waals surface area contributed by atoms with Crippen LogP contribution in [0.2, 0.25) is 0 Å². The van der Waals surface area contributed by atoms with E-state index in [4.69, 9.17) is 0 Å². The molecule has 4 rings (SSSR count). The molecule has 2 aliphatic rings. The molecule has 1 spiro atoms. The van der Waals surface area contributed by atoms with Gasteiger partial charge in [-0.2, -0.15) is 0 Å². The number of rotatable bonds is 2. The number of H-pyrrole nitrogens is 1. The Morgan fingerprint density at radius 1 is 1.00 bits per heavy atom. The Morgan fingerprint density at radius 2 is 1.70 bits per heavy atom. The van der Waals surface area contributed by atoms with Gasteiger partial charge in [0, 0.05) is 24.8 Å². The summed E-state index contributed by atoms with van der Waals surface area (Å²) in [6, 6.07) is 12.5. The van der Waals surface area contributed by atoms with Crippen LogP contribution in [0.5, 0.6) is 0 Å². The fourth-order valence-corrected chi connectivity index (χ4v) is 4.34. The molecule has 2 amide bonds.